The monoisotopic (exact) mass is 249 g/mol. The molecule has 0 spiro atoms. The number of nitrogens with zero attached hydrogens (tertiary/aromatic N) is 1. The van der Waals surface area contributed by atoms with Crippen LogP contribution in [-0.2, 0) is 4.79 Å². The predicted octanol–water partition coefficient (Wildman–Crippen LogP) is 1.19. The van der Waals surface area contributed by atoms with Gasteiger partial charge in [-0.2, -0.15) is 0 Å². The van der Waals surface area contributed by atoms with Gasteiger partial charge in [0.1, 0.15) is 0 Å². The molecular weight excluding hydrogens is 242 g/mol. The van der Waals surface area contributed by atoms with E-state index in [1.807, 2.05) is 0 Å². The van der Waals surface area contributed by atoms with Crippen molar-refractivity contribution in [1.82, 2.24) is 4.98 Å². The van der Waals surface area contributed by atoms with Crippen molar-refractivity contribution in [1.29, 1.82) is 0 Å². The molecule has 1 aromatic heterocycles. The van der Waals surface area contributed by atoms with Crippen LogP contribution in [0.4, 0.5) is 5.13 Å². The summed E-state index contributed by atoms with van der Waals surface area (Å²) in [6, 6.07) is 0. The molecule has 12 heavy (non-hydrogen) atoms. The van der Waals surface area contributed by atoms with Crippen LogP contribution in [-0.4, -0.2) is 17.4 Å². The van der Waals surface area contributed by atoms with Gasteiger partial charge in [-0.25, -0.2) is 4.98 Å². The normalized spacial score (nSPS) is 9.83. The fraction of sp³-hybridized carbons (Fsp3) is 0.333. The standard InChI is InChI=1S/C6H8BrN3OS/c7-4-3-9-6(12-4)10-5(11)1-2-8/h3H,1-2,8H2,(H,9,10,11). The number of rotatable bonds is 3. The molecule has 3 N–H and O–H groups in total. The number of hydrogen-bond donors (Lipinski definition) is 2. The minimum Gasteiger partial charge on any atom is -0.330 e. The fourth-order valence-corrected chi connectivity index (χ4v) is 1.75. The van der Waals surface area contributed by atoms with Gasteiger partial charge >= 0.3 is 0 Å². The highest BCUT2D eigenvalue weighted by molar-refractivity contribution is 9.11. The third kappa shape index (κ3) is 2.88. The largest absolute Gasteiger partial charge is 0.330 e. The van der Waals surface area contributed by atoms with Gasteiger partial charge in [0.05, 0.1) is 9.98 Å². The number of aromatic nitrogens is 1. The molecule has 0 saturated carbocycles. The van der Waals surface area contributed by atoms with Crippen molar-refractivity contribution in [2.45, 2.75) is 6.42 Å². The summed E-state index contributed by atoms with van der Waals surface area (Å²) in [5.74, 6) is -0.0978. The Morgan fingerprint density at radius 2 is 2.58 bits per heavy atom. The number of halogens is 1. The van der Waals surface area contributed by atoms with Crippen molar-refractivity contribution in [2.75, 3.05) is 11.9 Å². The van der Waals surface area contributed by atoms with E-state index < -0.39 is 0 Å². The molecule has 0 atom stereocenters. The quantitative estimate of drug-likeness (QED) is 0.846. The second-order valence-corrected chi connectivity index (χ2v) is 4.47. The summed E-state index contributed by atoms with van der Waals surface area (Å²) in [7, 11) is 0. The first-order valence-corrected chi connectivity index (χ1v) is 4.94. The zero-order chi connectivity index (χ0) is 8.97. The molecule has 0 unspecified atom stereocenters. The van der Waals surface area contributed by atoms with E-state index in [1.54, 1.807) is 6.20 Å². The molecule has 0 aliphatic rings. The summed E-state index contributed by atoms with van der Waals surface area (Å²) in [5, 5.41) is 3.22. The Morgan fingerprint density at radius 3 is 3.08 bits per heavy atom. The Balaban J connectivity index is 2.46. The lowest BCUT2D eigenvalue weighted by Crippen LogP contribution is -2.15. The smallest absolute Gasteiger partial charge is 0.227 e. The van der Waals surface area contributed by atoms with Gasteiger partial charge in [0, 0.05) is 13.0 Å². The first kappa shape index (κ1) is 9.63. The minimum absolute atomic E-state index is 0.0978. The second-order valence-electron chi connectivity index (χ2n) is 2.06. The van der Waals surface area contributed by atoms with Gasteiger partial charge < -0.3 is 11.1 Å². The molecule has 0 radical (unpaired) electrons. The van der Waals surface area contributed by atoms with E-state index in [4.69, 9.17) is 5.73 Å². The summed E-state index contributed by atoms with van der Waals surface area (Å²) in [6.45, 7) is 0.360. The number of carbonyl (C=O) groups excluding carboxylic acids is 1. The van der Waals surface area contributed by atoms with Crippen molar-refractivity contribution < 1.29 is 4.79 Å². The molecule has 0 aliphatic heterocycles. The van der Waals surface area contributed by atoms with Crippen LogP contribution in [0.15, 0.2) is 9.98 Å². The average Bonchev–Trinajstić information content (AvgIpc) is 2.36. The average molecular weight is 250 g/mol. The van der Waals surface area contributed by atoms with Crippen molar-refractivity contribution in [2.24, 2.45) is 5.73 Å². The molecular formula is C6H8BrN3OS. The van der Waals surface area contributed by atoms with Crippen LogP contribution in [0.1, 0.15) is 6.42 Å². The fourth-order valence-electron chi connectivity index (χ4n) is 0.625. The van der Waals surface area contributed by atoms with E-state index in [0.29, 0.717) is 18.1 Å². The summed E-state index contributed by atoms with van der Waals surface area (Å²) >= 11 is 4.62. The molecule has 6 heteroatoms. The van der Waals surface area contributed by atoms with Crippen LogP contribution < -0.4 is 11.1 Å². The molecule has 0 aliphatic carbocycles. The van der Waals surface area contributed by atoms with Gasteiger partial charge in [-0.15, -0.1) is 0 Å². The van der Waals surface area contributed by atoms with Crippen molar-refractivity contribution in [3.63, 3.8) is 0 Å². The number of nitrogens with one attached hydrogen (secondary N) is 1. The number of anilines is 1. The van der Waals surface area contributed by atoms with Crippen LogP contribution in [0.2, 0.25) is 0 Å². The Kier molecular flexibility index (Phi) is 3.64. The van der Waals surface area contributed by atoms with Gasteiger partial charge in [-0.3, -0.25) is 4.79 Å². The molecule has 0 bridgehead atoms. The van der Waals surface area contributed by atoms with Crippen molar-refractivity contribution in [3.05, 3.63) is 9.98 Å². The number of thiazole rings is 1. The summed E-state index contributed by atoms with van der Waals surface area (Å²) < 4.78 is 0.894. The minimum atomic E-state index is -0.0978. The lowest BCUT2D eigenvalue weighted by atomic mass is 10.4. The van der Waals surface area contributed by atoms with Gasteiger partial charge in [0.15, 0.2) is 5.13 Å². The Morgan fingerprint density at radius 1 is 1.83 bits per heavy atom. The van der Waals surface area contributed by atoms with Crippen LogP contribution >= 0.6 is 27.3 Å². The lowest BCUT2D eigenvalue weighted by molar-refractivity contribution is -0.116. The molecule has 0 fully saturated rings. The number of nitrogens with two attached hydrogens (primary N) is 1. The molecule has 0 saturated heterocycles. The Bertz CT molecular complexity index is 276. The van der Waals surface area contributed by atoms with E-state index in [0.717, 1.165) is 3.79 Å². The van der Waals surface area contributed by atoms with Gasteiger partial charge in [0.2, 0.25) is 5.91 Å². The Hall–Kier alpha value is -0.460. The van der Waals surface area contributed by atoms with Crippen LogP contribution in [0, 0.1) is 0 Å². The van der Waals surface area contributed by atoms with E-state index in [-0.39, 0.29) is 5.91 Å². The molecule has 1 heterocycles. The highest BCUT2D eigenvalue weighted by atomic mass is 79.9. The molecule has 0 aromatic carbocycles. The van der Waals surface area contributed by atoms with E-state index in [1.165, 1.54) is 11.3 Å². The third-order valence-corrected chi connectivity index (χ3v) is 2.49. The van der Waals surface area contributed by atoms with E-state index in [2.05, 4.69) is 26.2 Å². The zero-order valence-corrected chi connectivity index (χ0v) is 8.61. The van der Waals surface area contributed by atoms with Crippen LogP contribution in [0.25, 0.3) is 0 Å². The Labute approximate surface area is 82.3 Å². The summed E-state index contributed by atoms with van der Waals surface area (Å²) in [5.41, 5.74) is 5.20. The topological polar surface area (TPSA) is 68.0 Å². The number of carbonyl (C=O) groups is 1. The number of amides is 1. The predicted molar refractivity (Wildman–Crippen MR) is 52.1 cm³/mol. The highest BCUT2D eigenvalue weighted by Crippen LogP contribution is 2.22. The van der Waals surface area contributed by atoms with Crippen molar-refractivity contribution in [3.8, 4) is 0 Å². The van der Waals surface area contributed by atoms with Crippen LogP contribution in [0.5, 0.6) is 0 Å². The lowest BCUT2D eigenvalue weighted by Gasteiger charge is -1.97. The second kappa shape index (κ2) is 4.54. The maximum atomic E-state index is 11.0. The van der Waals surface area contributed by atoms with E-state index in [9.17, 15) is 4.79 Å². The molecule has 1 amide bonds. The third-order valence-electron chi connectivity index (χ3n) is 1.10. The van der Waals surface area contributed by atoms with Gasteiger partial charge in [-0.1, -0.05) is 11.3 Å². The summed E-state index contributed by atoms with van der Waals surface area (Å²) in [4.78, 5) is 14.9. The van der Waals surface area contributed by atoms with Gasteiger partial charge in [-0.05, 0) is 15.9 Å². The maximum Gasteiger partial charge on any atom is 0.227 e. The first-order chi connectivity index (χ1) is 5.72. The van der Waals surface area contributed by atoms with Gasteiger partial charge in [0.25, 0.3) is 0 Å². The zero-order valence-electron chi connectivity index (χ0n) is 6.21. The molecule has 1 aromatic rings. The van der Waals surface area contributed by atoms with Crippen LogP contribution in [0.3, 0.4) is 0 Å². The number of hydrogen-bond acceptors (Lipinski definition) is 4. The first-order valence-electron chi connectivity index (χ1n) is 3.33. The molecule has 66 valence electrons. The molecule has 1 rings (SSSR count). The molecule has 4 nitrogen and oxygen atoms in total. The highest BCUT2D eigenvalue weighted by Gasteiger charge is 2.03. The SMILES string of the molecule is NCCC(=O)Nc1ncc(Br)s1. The maximum absolute atomic E-state index is 11.0. The van der Waals surface area contributed by atoms with Crippen molar-refractivity contribution >= 4 is 38.3 Å². The summed E-state index contributed by atoms with van der Waals surface area (Å²) in [6.07, 6.45) is 1.97. The van der Waals surface area contributed by atoms with E-state index >= 15 is 0 Å².